The number of likely N-dealkylation sites (tertiary alicyclic amines) is 1. The molecule has 0 spiro atoms. The summed E-state index contributed by atoms with van der Waals surface area (Å²) in [5.41, 5.74) is 0. The van der Waals surface area contributed by atoms with E-state index in [0.717, 1.165) is 38.8 Å². The zero-order valence-corrected chi connectivity index (χ0v) is 9.91. The van der Waals surface area contributed by atoms with E-state index in [-0.39, 0.29) is 12.5 Å². The van der Waals surface area contributed by atoms with Crippen LogP contribution in [0.3, 0.4) is 0 Å². The number of carbonyl (C=O) groups is 1. The van der Waals surface area contributed by atoms with Crippen molar-refractivity contribution >= 4 is 5.91 Å². The van der Waals surface area contributed by atoms with Gasteiger partial charge in [0.1, 0.15) is 0 Å². The van der Waals surface area contributed by atoms with Crippen molar-refractivity contribution in [2.45, 2.75) is 39.5 Å². The van der Waals surface area contributed by atoms with Gasteiger partial charge in [-0.3, -0.25) is 4.79 Å². The number of aliphatic hydroxyl groups is 1. The molecule has 1 saturated heterocycles. The minimum absolute atomic E-state index is 0.218. The first-order valence-electron chi connectivity index (χ1n) is 6.12. The van der Waals surface area contributed by atoms with E-state index in [9.17, 15) is 4.79 Å². The highest BCUT2D eigenvalue weighted by Crippen LogP contribution is 2.22. The number of aliphatic hydroxyl groups excluding tert-OH is 1. The molecule has 3 heteroatoms. The summed E-state index contributed by atoms with van der Waals surface area (Å²) in [5, 5.41) is 8.89. The third-order valence-electron chi connectivity index (χ3n) is 3.15. The van der Waals surface area contributed by atoms with Crippen LogP contribution < -0.4 is 0 Å². The fourth-order valence-electron chi connectivity index (χ4n) is 2.21. The van der Waals surface area contributed by atoms with Crippen LogP contribution >= 0.6 is 0 Å². The molecule has 0 aromatic carbocycles. The van der Waals surface area contributed by atoms with Gasteiger partial charge in [0.15, 0.2) is 0 Å². The zero-order chi connectivity index (χ0) is 11.3. The van der Waals surface area contributed by atoms with E-state index in [0.29, 0.717) is 11.8 Å². The van der Waals surface area contributed by atoms with Crippen molar-refractivity contribution in [1.82, 2.24) is 4.90 Å². The molecular weight excluding hydrogens is 190 g/mol. The van der Waals surface area contributed by atoms with Gasteiger partial charge in [-0.15, -0.1) is 0 Å². The number of amides is 1. The smallest absolute Gasteiger partial charge is 0.225 e. The van der Waals surface area contributed by atoms with Gasteiger partial charge in [-0.25, -0.2) is 0 Å². The Morgan fingerprint density at radius 1 is 1.33 bits per heavy atom. The Kier molecular flexibility index (Phi) is 5.09. The molecular formula is C12H23NO2. The van der Waals surface area contributed by atoms with Crippen LogP contribution in [0.25, 0.3) is 0 Å². The molecule has 1 amide bonds. The van der Waals surface area contributed by atoms with E-state index in [2.05, 4.69) is 13.8 Å². The number of hydrogen-bond acceptors (Lipinski definition) is 2. The fraction of sp³-hybridized carbons (Fsp3) is 0.917. The lowest BCUT2D eigenvalue weighted by atomic mass is 9.93. The normalized spacial score (nSPS) is 16.9. The van der Waals surface area contributed by atoms with E-state index in [1.165, 1.54) is 0 Å². The van der Waals surface area contributed by atoms with Gasteiger partial charge in [0, 0.05) is 31.5 Å². The highest BCUT2D eigenvalue weighted by atomic mass is 16.3. The third kappa shape index (κ3) is 3.20. The minimum Gasteiger partial charge on any atom is -0.396 e. The maximum Gasteiger partial charge on any atom is 0.225 e. The van der Waals surface area contributed by atoms with Crippen molar-refractivity contribution < 1.29 is 9.90 Å². The number of carbonyl (C=O) groups excluding carboxylic acids is 1. The summed E-state index contributed by atoms with van der Waals surface area (Å²) in [7, 11) is 0. The fourth-order valence-corrected chi connectivity index (χ4v) is 2.21. The van der Waals surface area contributed by atoms with Crippen LogP contribution in [-0.2, 0) is 4.79 Å². The Labute approximate surface area is 92.5 Å². The van der Waals surface area contributed by atoms with E-state index in [1.807, 2.05) is 4.90 Å². The van der Waals surface area contributed by atoms with Crippen LogP contribution in [0.1, 0.15) is 39.5 Å². The first kappa shape index (κ1) is 12.5. The van der Waals surface area contributed by atoms with Crippen LogP contribution in [0, 0.1) is 11.8 Å². The SMILES string of the molecule is CCCC(CCC)C(=O)N1CC(CO)C1. The molecule has 1 aliphatic heterocycles. The lowest BCUT2D eigenvalue weighted by molar-refractivity contribution is -0.143. The van der Waals surface area contributed by atoms with Crippen molar-refractivity contribution in [3.63, 3.8) is 0 Å². The molecule has 0 aromatic rings. The maximum absolute atomic E-state index is 12.0. The summed E-state index contributed by atoms with van der Waals surface area (Å²) in [6.07, 6.45) is 4.17. The van der Waals surface area contributed by atoms with Crippen molar-refractivity contribution in [3.8, 4) is 0 Å². The van der Waals surface area contributed by atoms with Gasteiger partial charge in [-0.1, -0.05) is 26.7 Å². The van der Waals surface area contributed by atoms with Crippen molar-refractivity contribution in [3.05, 3.63) is 0 Å². The summed E-state index contributed by atoms with van der Waals surface area (Å²) in [4.78, 5) is 13.9. The summed E-state index contributed by atoms with van der Waals surface area (Å²) in [6, 6.07) is 0. The van der Waals surface area contributed by atoms with Gasteiger partial charge in [-0.2, -0.15) is 0 Å². The monoisotopic (exact) mass is 213 g/mol. The Hall–Kier alpha value is -0.570. The Morgan fingerprint density at radius 3 is 2.27 bits per heavy atom. The van der Waals surface area contributed by atoms with Crippen molar-refractivity contribution in [2.24, 2.45) is 11.8 Å². The topological polar surface area (TPSA) is 40.5 Å². The Morgan fingerprint density at radius 2 is 1.87 bits per heavy atom. The Balaban J connectivity index is 2.36. The molecule has 0 saturated carbocycles. The number of hydrogen-bond donors (Lipinski definition) is 1. The average Bonchev–Trinajstić information content (AvgIpc) is 2.15. The quantitative estimate of drug-likeness (QED) is 0.729. The van der Waals surface area contributed by atoms with Gasteiger partial charge in [0.2, 0.25) is 5.91 Å². The van der Waals surface area contributed by atoms with Gasteiger partial charge in [0.25, 0.3) is 0 Å². The molecule has 1 rings (SSSR count). The molecule has 1 aliphatic rings. The van der Waals surface area contributed by atoms with E-state index in [1.54, 1.807) is 0 Å². The van der Waals surface area contributed by atoms with E-state index in [4.69, 9.17) is 5.11 Å². The van der Waals surface area contributed by atoms with Gasteiger partial charge in [-0.05, 0) is 12.8 Å². The van der Waals surface area contributed by atoms with Gasteiger partial charge < -0.3 is 10.0 Å². The standard InChI is InChI=1S/C12H23NO2/c1-3-5-11(6-4-2)12(15)13-7-10(8-13)9-14/h10-11,14H,3-9H2,1-2H3. The largest absolute Gasteiger partial charge is 0.396 e. The van der Waals surface area contributed by atoms with E-state index >= 15 is 0 Å². The molecule has 0 radical (unpaired) electrons. The predicted octanol–water partition coefficient (Wildman–Crippen LogP) is 1.65. The molecule has 1 fully saturated rings. The molecule has 0 unspecified atom stereocenters. The summed E-state index contributed by atoms with van der Waals surface area (Å²) in [5.74, 6) is 0.862. The first-order chi connectivity index (χ1) is 7.22. The highest BCUT2D eigenvalue weighted by Gasteiger charge is 2.33. The zero-order valence-electron chi connectivity index (χ0n) is 9.91. The predicted molar refractivity (Wildman–Crippen MR) is 60.5 cm³/mol. The van der Waals surface area contributed by atoms with Crippen LogP contribution in [-0.4, -0.2) is 35.6 Å². The lowest BCUT2D eigenvalue weighted by Gasteiger charge is -2.40. The van der Waals surface area contributed by atoms with Gasteiger partial charge >= 0.3 is 0 Å². The maximum atomic E-state index is 12.0. The van der Waals surface area contributed by atoms with Crippen LogP contribution in [0.4, 0.5) is 0 Å². The summed E-state index contributed by atoms with van der Waals surface area (Å²) in [6.45, 7) is 6.00. The molecule has 0 bridgehead atoms. The van der Waals surface area contributed by atoms with Crippen molar-refractivity contribution in [1.29, 1.82) is 0 Å². The van der Waals surface area contributed by atoms with E-state index < -0.39 is 0 Å². The highest BCUT2D eigenvalue weighted by molar-refractivity contribution is 5.79. The van der Waals surface area contributed by atoms with Crippen LogP contribution in [0.15, 0.2) is 0 Å². The molecule has 0 aliphatic carbocycles. The summed E-state index contributed by atoms with van der Waals surface area (Å²) >= 11 is 0. The second-order valence-corrected chi connectivity index (χ2v) is 4.57. The molecule has 1 N–H and O–H groups in total. The van der Waals surface area contributed by atoms with Crippen molar-refractivity contribution in [2.75, 3.05) is 19.7 Å². The average molecular weight is 213 g/mol. The van der Waals surface area contributed by atoms with Crippen LogP contribution in [0.2, 0.25) is 0 Å². The Bertz CT molecular complexity index is 194. The van der Waals surface area contributed by atoms with Gasteiger partial charge in [0.05, 0.1) is 0 Å². The molecule has 88 valence electrons. The molecule has 15 heavy (non-hydrogen) atoms. The number of rotatable bonds is 6. The first-order valence-corrected chi connectivity index (χ1v) is 6.12. The lowest BCUT2D eigenvalue weighted by Crippen LogP contribution is -2.53. The second-order valence-electron chi connectivity index (χ2n) is 4.57. The molecule has 1 heterocycles. The third-order valence-corrected chi connectivity index (χ3v) is 3.15. The van der Waals surface area contributed by atoms with Crippen LogP contribution in [0.5, 0.6) is 0 Å². The molecule has 0 atom stereocenters. The molecule has 0 aromatic heterocycles. The molecule has 3 nitrogen and oxygen atoms in total. The summed E-state index contributed by atoms with van der Waals surface area (Å²) < 4.78 is 0. The number of nitrogens with zero attached hydrogens (tertiary/aromatic N) is 1. The second kappa shape index (κ2) is 6.11. The minimum atomic E-state index is 0.218.